The van der Waals surface area contributed by atoms with Gasteiger partial charge in [0.1, 0.15) is 5.01 Å². The highest BCUT2D eigenvalue weighted by atomic mass is 32.1. The fourth-order valence-electron chi connectivity index (χ4n) is 3.44. The summed E-state index contributed by atoms with van der Waals surface area (Å²) < 4.78 is 0. The van der Waals surface area contributed by atoms with Crippen molar-refractivity contribution >= 4 is 23.1 Å². The second kappa shape index (κ2) is 7.16. The van der Waals surface area contributed by atoms with Crippen LogP contribution in [0.1, 0.15) is 27.3 Å². The SMILES string of the molecule is Cc1ccc(-c2nc3c(s2)CN(C(=O)Nc2cc(C)cc(C)c2)CC3)cc1. The van der Waals surface area contributed by atoms with Gasteiger partial charge in [0.2, 0.25) is 0 Å². The first-order chi connectivity index (χ1) is 13.0. The number of carbonyl (C=O) groups excluding carboxylic acids is 1. The van der Waals surface area contributed by atoms with Crippen LogP contribution in [0.2, 0.25) is 0 Å². The maximum absolute atomic E-state index is 12.7. The molecule has 0 saturated carbocycles. The average molecular weight is 378 g/mol. The zero-order valence-corrected chi connectivity index (χ0v) is 16.7. The summed E-state index contributed by atoms with van der Waals surface area (Å²) in [5.74, 6) is 0. The first-order valence-electron chi connectivity index (χ1n) is 9.18. The van der Waals surface area contributed by atoms with Gasteiger partial charge in [0, 0.05) is 29.1 Å². The molecule has 5 heteroatoms. The lowest BCUT2D eigenvalue weighted by molar-refractivity contribution is 0.207. The number of aryl methyl sites for hydroxylation is 3. The van der Waals surface area contributed by atoms with E-state index in [1.807, 2.05) is 30.9 Å². The van der Waals surface area contributed by atoms with Crippen molar-refractivity contribution in [1.29, 1.82) is 0 Å². The summed E-state index contributed by atoms with van der Waals surface area (Å²) >= 11 is 1.69. The fraction of sp³-hybridized carbons (Fsp3) is 0.273. The molecular formula is C22H23N3OS. The van der Waals surface area contributed by atoms with Gasteiger partial charge in [0.25, 0.3) is 0 Å². The molecule has 1 aliphatic heterocycles. The summed E-state index contributed by atoms with van der Waals surface area (Å²) in [7, 11) is 0. The number of aromatic nitrogens is 1. The van der Waals surface area contributed by atoms with Gasteiger partial charge in [-0.3, -0.25) is 0 Å². The van der Waals surface area contributed by atoms with Crippen LogP contribution in [0.4, 0.5) is 10.5 Å². The largest absolute Gasteiger partial charge is 0.322 e. The number of thiazole rings is 1. The van der Waals surface area contributed by atoms with E-state index in [2.05, 4.69) is 42.6 Å². The zero-order chi connectivity index (χ0) is 19.0. The summed E-state index contributed by atoms with van der Waals surface area (Å²) in [6.45, 7) is 7.48. The molecule has 2 amide bonds. The Hall–Kier alpha value is -2.66. The van der Waals surface area contributed by atoms with E-state index in [1.54, 1.807) is 11.3 Å². The van der Waals surface area contributed by atoms with Gasteiger partial charge in [-0.1, -0.05) is 35.9 Å². The highest BCUT2D eigenvalue weighted by Crippen LogP contribution is 2.32. The van der Waals surface area contributed by atoms with Crippen LogP contribution < -0.4 is 5.32 Å². The molecule has 0 saturated heterocycles. The van der Waals surface area contributed by atoms with Crippen molar-refractivity contribution in [2.75, 3.05) is 11.9 Å². The molecule has 0 spiro atoms. The monoisotopic (exact) mass is 377 g/mol. The minimum Gasteiger partial charge on any atom is -0.319 e. The molecule has 1 aliphatic rings. The van der Waals surface area contributed by atoms with Gasteiger partial charge in [-0.25, -0.2) is 9.78 Å². The van der Waals surface area contributed by atoms with Crippen LogP contribution in [0.5, 0.6) is 0 Å². The first kappa shape index (κ1) is 17.7. The van der Waals surface area contributed by atoms with Crippen molar-refractivity contribution in [3.8, 4) is 10.6 Å². The summed E-state index contributed by atoms with van der Waals surface area (Å²) in [5, 5.41) is 4.08. The number of hydrogen-bond donors (Lipinski definition) is 1. The Bertz CT molecular complexity index is 971. The molecule has 27 heavy (non-hydrogen) atoms. The molecule has 0 bridgehead atoms. The van der Waals surface area contributed by atoms with Gasteiger partial charge in [0.15, 0.2) is 0 Å². The lowest BCUT2D eigenvalue weighted by atomic mass is 10.1. The number of benzene rings is 2. The highest BCUT2D eigenvalue weighted by molar-refractivity contribution is 7.15. The molecular weight excluding hydrogens is 354 g/mol. The van der Waals surface area contributed by atoms with Crippen molar-refractivity contribution in [3.05, 3.63) is 69.7 Å². The van der Waals surface area contributed by atoms with Crippen LogP contribution in [-0.2, 0) is 13.0 Å². The quantitative estimate of drug-likeness (QED) is 0.656. The Balaban J connectivity index is 1.49. The Labute approximate surface area is 163 Å². The molecule has 0 unspecified atom stereocenters. The van der Waals surface area contributed by atoms with E-state index in [1.165, 1.54) is 10.4 Å². The average Bonchev–Trinajstić information content (AvgIpc) is 3.04. The van der Waals surface area contributed by atoms with E-state index >= 15 is 0 Å². The number of nitrogens with zero attached hydrogens (tertiary/aromatic N) is 2. The lowest BCUT2D eigenvalue weighted by Gasteiger charge is -2.26. The standard InChI is InChI=1S/C22H23N3OS/c1-14-4-6-17(7-5-14)21-24-19-8-9-25(13-20(19)27-21)22(26)23-18-11-15(2)10-16(3)12-18/h4-7,10-12H,8-9,13H2,1-3H3,(H,23,26). The third-order valence-electron chi connectivity index (χ3n) is 4.79. The number of anilines is 1. The van der Waals surface area contributed by atoms with Crippen LogP contribution in [0, 0.1) is 20.8 Å². The van der Waals surface area contributed by atoms with Gasteiger partial charge in [-0.05, 0) is 44.0 Å². The third kappa shape index (κ3) is 3.88. The minimum absolute atomic E-state index is 0.0454. The smallest absolute Gasteiger partial charge is 0.319 e. The van der Waals surface area contributed by atoms with Crippen LogP contribution >= 0.6 is 11.3 Å². The second-order valence-corrected chi connectivity index (χ2v) is 8.32. The molecule has 0 atom stereocenters. The maximum Gasteiger partial charge on any atom is 0.322 e. The summed E-state index contributed by atoms with van der Waals surface area (Å²) in [6, 6.07) is 14.5. The van der Waals surface area contributed by atoms with E-state index in [9.17, 15) is 4.79 Å². The molecule has 0 fully saturated rings. The lowest BCUT2D eigenvalue weighted by Crippen LogP contribution is -2.38. The molecule has 0 radical (unpaired) electrons. The minimum atomic E-state index is -0.0454. The van der Waals surface area contributed by atoms with Crippen LogP contribution in [0.3, 0.4) is 0 Å². The second-order valence-electron chi connectivity index (χ2n) is 7.23. The normalized spacial score (nSPS) is 13.4. The first-order valence-corrected chi connectivity index (χ1v) is 9.99. The maximum atomic E-state index is 12.7. The van der Waals surface area contributed by atoms with Gasteiger partial charge in [-0.2, -0.15) is 0 Å². The number of rotatable bonds is 2. The summed E-state index contributed by atoms with van der Waals surface area (Å²) in [4.78, 5) is 20.6. The van der Waals surface area contributed by atoms with Crippen molar-refractivity contribution in [2.45, 2.75) is 33.7 Å². The molecule has 4 rings (SSSR count). The predicted molar refractivity (Wildman–Crippen MR) is 111 cm³/mol. The van der Waals surface area contributed by atoms with Crippen molar-refractivity contribution < 1.29 is 4.79 Å². The number of nitrogens with one attached hydrogen (secondary N) is 1. The molecule has 138 valence electrons. The molecule has 2 heterocycles. The Morgan fingerprint density at radius 3 is 2.44 bits per heavy atom. The molecule has 0 aliphatic carbocycles. The molecule has 1 aromatic heterocycles. The molecule has 2 aromatic carbocycles. The van der Waals surface area contributed by atoms with Crippen LogP contribution in [0.25, 0.3) is 10.6 Å². The van der Waals surface area contributed by atoms with Crippen LogP contribution in [0.15, 0.2) is 42.5 Å². The van der Waals surface area contributed by atoms with Crippen molar-refractivity contribution in [3.63, 3.8) is 0 Å². The van der Waals surface area contributed by atoms with E-state index < -0.39 is 0 Å². The number of hydrogen-bond acceptors (Lipinski definition) is 3. The Kier molecular flexibility index (Phi) is 4.70. The number of amides is 2. The van der Waals surface area contributed by atoms with E-state index in [4.69, 9.17) is 4.98 Å². The van der Waals surface area contributed by atoms with Gasteiger partial charge in [-0.15, -0.1) is 11.3 Å². The molecule has 4 nitrogen and oxygen atoms in total. The molecule has 1 N–H and O–H groups in total. The number of fused-ring (bicyclic) bond motifs is 1. The topological polar surface area (TPSA) is 45.2 Å². The zero-order valence-electron chi connectivity index (χ0n) is 15.9. The molecule has 3 aromatic rings. The van der Waals surface area contributed by atoms with E-state index in [0.29, 0.717) is 13.1 Å². The summed E-state index contributed by atoms with van der Waals surface area (Å²) in [6.07, 6.45) is 0.804. The fourth-order valence-corrected chi connectivity index (χ4v) is 4.57. The van der Waals surface area contributed by atoms with E-state index in [0.717, 1.165) is 39.5 Å². The summed E-state index contributed by atoms with van der Waals surface area (Å²) in [5.41, 5.74) is 6.67. The Morgan fingerprint density at radius 2 is 1.74 bits per heavy atom. The van der Waals surface area contributed by atoms with Crippen molar-refractivity contribution in [1.82, 2.24) is 9.88 Å². The highest BCUT2D eigenvalue weighted by Gasteiger charge is 2.24. The van der Waals surface area contributed by atoms with Crippen LogP contribution in [-0.4, -0.2) is 22.5 Å². The number of urea groups is 1. The predicted octanol–water partition coefficient (Wildman–Crippen LogP) is 5.33. The van der Waals surface area contributed by atoms with Gasteiger partial charge in [0.05, 0.1) is 12.2 Å². The third-order valence-corrected chi connectivity index (χ3v) is 5.92. The van der Waals surface area contributed by atoms with E-state index in [-0.39, 0.29) is 6.03 Å². The number of carbonyl (C=O) groups is 1. The van der Waals surface area contributed by atoms with Gasteiger partial charge < -0.3 is 10.2 Å². The Morgan fingerprint density at radius 1 is 1.04 bits per heavy atom. The van der Waals surface area contributed by atoms with Gasteiger partial charge >= 0.3 is 6.03 Å². The van der Waals surface area contributed by atoms with Crippen molar-refractivity contribution in [2.24, 2.45) is 0 Å².